The Kier molecular flexibility index (Phi) is 61.4. The summed E-state index contributed by atoms with van der Waals surface area (Å²) in [6.45, 7) is 8.72. The van der Waals surface area contributed by atoms with Gasteiger partial charge in [-0.15, -0.1) is 0 Å². The summed E-state index contributed by atoms with van der Waals surface area (Å²) in [6, 6.07) is 0. The molecular weight excluding hydrogens is 222 g/mol. The van der Waals surface area contributed by atoms with Gasteiger partial charge in [0.2, 0.25) is 0 Å². The molecule has 0 radical (unpaired) electrons. The Morgan fingerprint density at radius 1 is 0.611 bits per heavy atom. The van der Waals surface area contributed by atoms with Crippen molar-refractivity contribution in [3.63, 3.8) is 0 Å². The van der Waals surface area contributed by atoms with Crippen LogP contribution in [-0.4, -0.2) is 62.3 Å². The summed E-state index contributed by atoms with van der Waals surface area (Å²) in [5.41, 5.74) is 0. The van der Waals surface area contributed by atoms with Crippen molar-refractivity contribution in [1.82, 2.24) is 14.7 Å². The highest BCUT2D eigenvalue weighted by Gasteiger charge is 2.04. The highest BCUT2D eigenvalue weighted by atomic mass is 15.4. The summed E-state index contributed by atoms with van der Waals surface area (Å²) in [5.74, 6) is 0. The van der Waals surface area contributed by atoms with Crippen LogP contribution in [0.5, 0.6) is 0 Å². The molecule has 3 heteroatoms. The van der Waals surface area contributed by atoms with E-state index >= 15 is 0 Å². The van der Waals surface area contributed by atoms with E-state index in [9.17, 15) is 0 Å². The van der Waals surface area contributed by atoms with E-state index < -0.39 is 0 Å². The van der Waals surface area contributed by atoms with E-state index in [1.165, 1.54) is 0 Å². The summed E-state index contributed by atoms with van der Waals surface area (Å²) in [7, 11) is 6.36. The van der Waals surface area contributed by atoms with Crippen molar-refractivity contribution in [3.05, 3.63) is 0 Å². The van der Waals surface area contributed by atoms with Gasteiger partial charge in [0.15, 0.2) is 0 Å². The maximum atomic E-state index is 2.41. The molecule has 0 aromatic rings. The molecule has 0 spiro atoms. The van der Waals surface area contributed by atoms with Crippen LogP contribution in [0, 0.1) is 0 Å². The molecule has 0 rings (SSSR count). The zero-order valence-corrected chi connectivity index (χ0v) is 9.17. The van der Waals surface area contributed by atoms with Crippen LogP contribution in [0.2, 0.25) is 0 Å². The lowest BCUT2D eigenvalue weighted by atomic mass is 10.5. The Labute approximate surface area is 121 Å². The summed E-state index contributed by atoms with van der Waals surface area (Å²) < 4.78 is 0. The Bertz CT molecular complexity index is 106. The molecule has 0 bridgehead atoms. The first-order chi connectivity index (χ1) is 5.60. The highest BCUT2D eigenvalue weighted by molar-refractivity contribution is 4.52. The molecule has 0 saturated heterocycles. The summed E-state index contributed by atoms with van der Waals surface area (Å²) in [6.07, 6.45) is 0. The molecular formula is C15H47N3. The molecule has 0 aliphatic carbocycles. The Morgan fingerprint density at radius 2 is 1.00 bits per heavy atom. The minimum Gasteiger partial charge on any atom is -0.297 e. The van der Waals surface area contributed by atoms with Gasteiger partial charge in [-0.3, -0.25) is 14.7 Å². The molecule has 0 saturated carbocycles. The zero-order valence-electron chi connectivity index (χ0n) is 9.17. The SMILES string of the molecule is C.C.C.C.C.C.CCN(C)CN(CC)CN(C)C. The van der Waals surface area contributed by atoms with Crippen molar-refractivity contribution >= 4 is 0 Å². The van der Waals surface area contributed by atoms with Crippen LogP contribution in [0.15, 0.2) is 0 Å². The lowest BCUT2D eigenvalue weighted by Gasteiger charge is -2.28. The third kappa shape index (κ3) is 24.9. The number of rotatable bonds is 6. The van der Waals surface area contributed by atoms with E-state index in [0.29, 0.717) is 0 Å². The second kappa shape index (κ2) is 25.7. The van der Waals surface area contributed by atoms with E-state index in [-0.39, 0.29) is 44.6 Å². The first-order valence-corrected chi connectivity index (χ1v) is 4.65. The van der Waals surface area contributed by atoms with Crippen LogP contribution >= 0.6 is 0 Å². The summed E-state index contributed by atoms with van der Waals surface area (Å²) in [5, 5.41) is 0. The first-order valence-electron chi connectivity index (χ1n) is 4.65. The Hall–Kier alpha value is -0.120. The van der Waals surface area contributed by atoms with Gasteiger partial charge in [-0.1, -0.05) is 58.4 Å². The van der Waals surface area contributed by atoms with E-state index in [4.69, 9.17) is 0 Å². The highest BCUT2D eigenvalue weighted by Crippen LogP contribution is 1.92. The molecule has 0 heterocycles. The second-order valence-corrected chi connectivity index (χ2v) is 3.52. The smallest absolute Gasteiger partial charge is 0.0515 e. The van der Waals surface area contributed by atoms with Gasteiger partial charge in [-0.25, -0.2) is 0 Å². The van der Waals surface area contributed by atoms with Gasteiger partial charge in [0, 0.05) is 0 Å². The van der Waals surface area contributed by atoms with Gasteiger partial charge in [0.1, 0.15) is 0 Å². The number of hydrogen-bond donors (Lipinski definition) is 0. The van der Waals surface area contributed by atoms with Gasteiger partial charge in [0.25, 0.3) is 0 Å². The van der Waals surface area contributed by atoms with E-state index in [1.807, 2.05) is 0 Å². The predicted octanol–water partition coefficient (Wildman–Crippen LogP) is 4.55. The van der Waals surface area contributed by atoms with Gasteiger partial charge < -0.3 is 0 Å². The molecule has 3 nitrogen and oxygen atoms in total. The second-order valence-electron chi connectivity index (χ2n) is 3.52. The van der Waals surface area contributed by atoms with Gasteiger partial charge >= 0.3 is 0 Å². The molecule has 0 aromatic carbocycles. The third-order valence-corrected chi connectivity index (χ3v) is 1.91. The average Bonchev–Trinajstić information content (AvgIpc) is 2.02. The lowest BCUT2D eigenvalue weighted by molar-refractivity contribution is 0.114. The topological polar surface area (TPSA) is 9.72 Å². The summed E-state index contributed by atoms with van der Waals surface area (Å²) in [4.78, 5) is 6.92. The molecule has 122 valence electrons. The summed E-state index contributed by atoms with van der Waals surface area (Å²) >= 11 is 0. The van der Waals surface area contributed by atoms with Gasteiger partial charge in [-0.2, -0.15) is 0 Å². The molecule has 0 N–H and O–H groups in total. The molecule has 0 unspecified atom stereocenters. The third-order valence-electron chi connectivity index (χ3n) is 1.91. The lowest BCUT2D eigenvalue weighted by Crippen LogP contribution is -2.40. The normalized spacial score (nSPS) is 8.00. The van der Waals surface area contributed by atoms with Crippen molar-refractivity contribution < 1.29 is 0 Å². The number of nitrogens with zero attached hydrogens (tertiary/aromatic N) is 3. The van der Waals surface area contributed by atoms with Crippen molar-refractivity contribution in [3.8, 4) is 0 Å². The Morgan fingerprint density at radius 3 is 1.22 bits per heavy atom. The fourth-order valence-corrected chi connectivity index (χ4v) is 1.09. The van der Waals surface area contributed by atoms with Crippen LogP contribution < -0.4 is 0 Å². The molecule has 0 amide bonds. The van der Waals surface area contributed by atoms with E-state index in [0.717, 1.165) is 26.4 Å². The predicted molar refractivity (Wildman–Crippen MR) is 94.5 cm³/mol. The molecule has 0 fully saturated rings. The van der Waals surface area contributed by atoms with E-state index in [2.05, 4.69) is 49.7 Å². The Balaban J connectivity index is -0.0000000403. The fourth-order valence-electron chi connectivity index (χ4n) is 1.09. The van der Waals surface area contributed by atoms with E-state index in [1.54, 1.807) is 0 Å². The van der Waals surface area contributed by atoms with Crippen molar-refractivity contribution in [2.24, 2.45) is 0 Å². The maximum absolute atomic E-state index is 2.41. The molecule has 0 atom stereocenters. The average molecular weight is 270 g/mol. The van der Waals surface area contributed by atoms with Gasteiger partial charge in [-0.05, 0) is 34.2 Å². The first kappa shape index (κ1) is 43.0. The van der Waals surface area contributed by atoms with Gasteiger partial charge in [0.05, 0.1) is 13.3 Å². The quantitative estimate of drug-likeness (QED) is 0.655. The maximum Gasteiger partial charge on any atom is 0.0515 e. The zero-order chi connectivity index (χ0) is 9.56. The molecule has 0 aromatic heterocycles. The van der Waals surface area contributed by atoms with Crippen LogP contribution in [0.4, 0.5) is 0 Å². The van der Waals surface area contributed by atoms with Crippen molar-refractivity contribution in [2.45, 2.75) is 58.4 Å². The van der Waals surface area contributed by atoms with Crippen LogP contribution in [0.25, 0.3) is 0 Å². The van der Waals surface area contributed by atoms with Crippen LogP contribution in [0.3, 0.4) is 0 Å². The van der Waals surface area contributed by atoms with Crippen molar-refractivity contribution in [2.75, 3.05) is 47.6 Å². The molecule has 0 aliphatic rings. The largest absolute Gasteiger partial charge is 0.297 e. The monoisotopic (exact) mass is 269 g/mol. The van der Waals surface area contributed by atoms with Crippen LogP contribution in [-0.2, 0) is 0 Å². The molecule has 18 heavy (non-hydrogen) atoms. The standard InChI is InChI=1S/C9H23N3.6CH4/c1-6-11(5)9-12(7-2)8-10(3)4;;;;;;/h6-9H2,1-5H3;6*1H4. The minimum atomic E-state index is 0. The fraction of sp³-hybridized carbons (Fsp3) is 1.00. The molecule has 0 aliphatic heterocycles. The van der Waals surface area contributed by atoms with Crippen molar-refractivity contribution in [1.29, 1.82) is 0 Å². The number of hydrogen-bond acceptors (Lipinski definition) is 3. The minimum absolute atomic E-state index is 0. The van der Waals surface area contributed by atoms with Crippen LogP contribution in [0.1, 0.15) is 58.4 Å².